The lowest BCUT2D eigenvalue weighted by Crippen LogP contribution is -2.11. The van der Waals surface area contributed by atoms with Crippen LogP contribution in [0.25, 0.3) is 0 Å². The molecule has 4 heteroatoms. The highest BCUT2D eigenvalue weighted by Crippen LogP contribution is 2.29. The van der Waals surface area contributed by atoms with Crippen LogP contribution < -0.4 is 5.32 Å². The van der Waals surface area contributed by atoms with Gasteiger partial charge >= 0.3 is 0 Å². The predicted octanol–water partition coefficient (Wildman–Crippen LogP) is 6.46. The van der Waals surface area contributed by atoms with Crippen molar-refractivity contribution in [3.05, 3.63) is 28.2 Å². The molecule has 0 bridgehead atoms. The third-order valence-electron chi connectivity index (χ3n) is 3.48. The van der Waals surface area contributed by atoms with Crippen molar-refractivity contribution in [2.75, 3.05) is 5.32 Å². The van der Waals surface area contributed by atoms with Gasteiger partial charge in [-0.05, 0) is 18.6 Å². The zero-order chi connectivity index (χ0) is 15.5. The minimum atomic E-state index is -0.0176. The number of hydrogen-bond acceptors (Lipinski definition) is 1. The van der Waals surface area contributed by atoms with E-state index in [2.05, 4.69) is 12.2 Å². The van der Waals surface area contributed by atoms with Crippen LogP contribution >= 0.6 is 23.2 Å². The monoisotopic (exact) mass is 329 g/mol. The van der Waals surface area contributed by atoms with Crippen molar-refractivity contribution in [2.45, 2.75) is 64.7 Å². The Labute approximate surface area is 138 Å². The van der Waals surface area contributed by atoms with Crippen LogP contribution in [0.3, 0.4) is 0 Å². The second kappa shape index (κ2) is 10.9. The number of unbranched alkanes of at least 4 members (excludes halogenated alkanes) is 7. The highest BCUT2D eigenvalue weighted by molar-refractivity contribution is 6.39. The molecule has 1 aromatic rings. The maximum atomic E-state index is 11.9. The van der Waals surface area contributed by atoms with Crippen molar-refractivity contribution in [3.63, 3.8) is 0 Å². The normalized spacial score (nSPS) is 10.6. The fraction of sp³-hybridized carbons (Fsp3) is 0.588. The summed E-state index contributed by atoms with van der Waals surface area (Å²) in [5.74, 6) is -0.0176. The number of carbonyl (C=O) groups excluding carboxylic acids is 1. The van der Waals surface area contributed by atoms with Gasteiger partial charge in [-0.1, -0.05) is 81.1 Å². The number of carbonyl (C=O) groups is 1. The highest BCUT2D eigenvalue weighted by atomic mass is 35.5. The second-order valence-corrected chi connectivity index (χ2v) is 6.18. The summed E-state index contributed by atoms with van der Waals surface area (Å²) in [5, 5.41) is 3.75. The first-order valence-electron chi connectivity index (χ1n) is 7.89. The number of nitrogens with one attached hydrogen (secondary N) is 1. The highest BCUT2D eigenvalue weighted by Gasteiger charge is 2.09. The van der Waals surface area contributed by atoms with Gasteiger partial charge in [0.1, 0.15) is 0 Å². The Morgan fingerprint density at radius 1 is 0.952 bits per heavy atom. The molecule has 0 heterocycles. The van der Waals surface area contributed by atoms with E-state index in [9.17, 15) is 4.79 Å². The maximum Gasteiger partial charge on any atom is 0.224 e. The Hall–Kier alpha value is -0.730. The van der Waals surface area contributed by atoms with Crippen LogP contribution in [-0.4, -0.2) is 5.91 Å². The Morgan fingerprint density at radius 2 is 1.48 bits per heavy atom. The topological polar surface area (TPSA) is 29.1 Å². The Kier molecular flexibility index (Phi) is 9.53. The van der Waals surface area contributed by atoms with Crippen LogP contribution in [0.15, 0.2) is 18.2 Å². The maximum absolute atomic E-state index is 11.9. The molecule has 1 rings (SSSR count). The Balaban J connectivity index is 2.14. The van der Waals surface area contributed by atoms with E-state index in [1.165, 1.54) is 38.5 Å². The van der Waals surface area contributed by atoms with E-state index in [1.54, 1.807) is 18.2 Å². The first-order valence-corrected chi connectivity index (χ1v) is 8.64. The van der Waals surface area contributed by atoms with Gasteiger partial charge in [0.25, 0.3) is 0 Å². The van der Waals surface area contributed by atoms with E-state index in [4.69, 9.17) is 23.2 Å². The molecule has 0 aromatic heterocycles. The van der Waals surface area contributed by atoms with Crippen LogP contribution in [0.5, 0.6) is 0 Å². The van der Waals surface area contributed by atoms with E-state index in [1.807, 2.05) is 0 Å². The van der Waals surface area contributed by atoms with E-state index < -0.39 is 0 Å². The first-order chi connectivity index (χ1) is 10.1. The Morgan fingerprint density at radius 3 is 2.05 bits per heavy atom. The third kappa shape index (κ3) is 7.73. The molecule has 0 saturated carbocycles. The second-order valence-electron chi connectivity index (χ2n) is 5.37. The van der Waals surface area contributed by atoms with Gasteiger partial charge in [0.2, 0.25) is 5.91 Å². The average molecular weight is 330 g/mol. The van der Waals surface area contributed by atoms with Crippen molar-refractivity contribution in [1.82, 2.24) is 0 Å². The standard InChI is InChI=1S/C17H25Cl2NO/c1-2-3-4-5-6-7-8-9-13-16(21)20-17-14(18)11-10-12-15(17)19/h10-12H,2-9,13H2,1H3,(H,20,21). The van der Waals surface area contributed by atoms with E-state index in [-0.39, 0.29) is 5.91 Å². The molecule has 2 nitrogen and oxygen atoms in total. The average Bonchev–Trinajstić information content (AvgIpc) is 2.46. The summed E-state index contributed by atoms with van der Waals surface area (Å²) in [7, 11) is 0. The van der Waals surface area contributed by atoms with Gasteiger partial charge in [-0.25, -0.2) is 0 Å². The number of para-hydroxylation sites is 1. The molecular weight excluding hydrogens is 305 g/mol. The van der Waals surface area contributed by atoms with Gasteiger partial charge in [0.15, 0.2) is 0 Å². The van der Waals surface area contributed by atoms with Gasteiger partial charge in [-0.3, -0.25) is 4.79 Å². The lowest BCUT2D eigenvalue weighted by atomic mass is 10.1. The molecular formula is C17H25Cl2NO. The summed E-state index contributed by atoms with van der Waals surface area (Å²) in [4.78, 5) is 11.9. The number of rotatable bonds is 10. The summed E-state index contributed by atoms with van der Waals surface area (Å²) >= 11 is 12.0. The number of benzene rings is 1. The van der Waals surface area contributed by atoms with E-state index in [0.717, 1.165) is 12.8 Å². The molecule has 0 fully saturated rings. The van der Waals surface area contributed by atoms with Gasteiger partial charge in [-0.15, -0.1) is 0 Å². The van der Waals surface area contributed by atoms with Gasteiger partial charge in [-0.2, -0.15) is 0 Å². The molecule has 1 N–H and O–H groups in total. The van der Waals surface area contributed by atoms with Crippen LogP contribution in [0, 0.1) is 0 Å². The van der Waals surface area contributed by atoms with E-state index >= 15 is 0 Å². The van der Waals surface area contributed by atoms with Gasteiger partial charge < -0.3 is 5.32 Å². The summed E-state index contributed by atoms with van der Waals surface area (Å²) < 4.78 is 0. The molecule has 0 radical (unpaired) electrons. The first kappa shape index (κ1) is 18.3. The predicted molar refractivity (Wildman–Crippen MR) is 92.3 cm³/mol. The molecule has 0 aliphatic heterocycles. The molecule has 1 aromatic carbocycles. The summed E-state index contributed by atoms with van der Waals surface area (Å²) in [5.41, 5.74) is 0.519. The lowest BCUT2D eigenvalue weighted by Gasteiger charge is -2.09. The van der Waals surface area contributed by atoms with Crippen LogP contribution in [-0.2, 0) is 4.79 Å². The van der Waals surface area contributed by atoms with Crippen LogP contribution in [0.1, 0.15) is 64.7 Å². The van der Waals surface area contributed by atoms with Gasteiger partial charge in [0, 0.05) is 6.42 Å². The van der Waals surface area contributed by atoms with Crippen LogP contribution in [0.2, 0.25) is 10.0 Å². The quantitative estimate of drug-likeness (QED) is 0.490. The fourth-order valence-electron chi connectivity index (χ4n) is 2.24. The largest absolute Gasteiger partial charge is 0.324 e. The van der Waals surface area contributed by atoms with Crippen molar-refractivity contribution in [1.29, 1.82) is 0 Å². The third-order valence-corrected chi connectivity index (χ3v) is 4.11. The fourth-order valence-corrected chi connectivity index (χ4v) is 2.73. The Bertz CT molecular complexity index is 415. The zero-order valence-corrected chi connectivity index (χ0v) is 14.3. The van der Waals surface area contributed by atoms with Crippen molar-refractivity contribution < 1.29 is 4.79 Å². The zero-order valence-electron chi connectivity index (χ0n) is 12.8. The van der Waals surface area contributed by atoms with E-state index in [0.29, 0.717) is 22.2 Å². The molecule has 118 valence electrons. The lowest BCUT2D eigenvalue weighted by molar-refractivity contribution is -0.116. The molecule has 0 unspecified atom stereocenters. The van der Waals surface area contributed by atoms with Gasteiger partial charge in [0.05, 0.1) is 15.7 Å². The number of anilines is 1. The number of amides is 1. The molecule has 0 aliphatic carbocycles. The van der Waals surface area contributed by atoms with Crippen molar-refractivity contribution in [2.24, 2.45) is 0 Å². The van der Waals surface area contributed by atoms with Crippen molar-refractivity contribution >= 4 is 34.8 Å². The smallest absolute Gasteiger partial charge is 0.224 e. The molecule has 0 saturated heterocycles. The minimum Gasteiger partial charge on any atom is -0.324 e. The summed E-state index contributed by atoms with van der Waals surface area (Å²) in [6.45, 7) is 2.23. The SMILES string of the molecule is CCCCCCCCCCC(=O)Nc1c(Cl)cccc1Cl. The molecule has 21 heavy (non-hydrogen) atoms. The number of halogens is 2. The molecule has 0 spiro atoms. The molecule has 0 atom stereocenters. The van der Waals surface area contributed by atoms with Crippen molar-refractivity contribution in [3.8, 4) is 0 Å². The minimum absolute atomic E-state index is 0.0176. The molecule has 1 amide bonds. The summed E-state index contributed by atoms with van der Waals surface area (Å²) in [6, 6.07) is 5.21. The van der Waals surface area contributed by atoms with Crippen LogP contribution in [0.4, 0.5) is 5.69 Å². The number of hydrogen-bond donors (Lipinski definition) is 1. The summed E-state index contributed by atoms with van der Waals surface area (Å²) in [6.07, 6.45) is 10.3. The molecule has 0 aliphatic rings.